The number of benzene rings is 2. The molecule has 1 aliphatic carbocycles. The van der Waals surface area contributed by atoms with Gasteiger partial charge in [-0.25, -0.2) is 9.59 Å². The van der Waals surface area contributed by atoms with Gasteiger partial charge < -0.3 is 20.7 Å². The molecule has 31 heavy (non-hydrogen) atoms. The second kappa shape index (κ2) is 10.6. The molecule has 7 nitrogen and oxygen atoms in total. The number of fused-ring (bicyclic) bond motifs is 1. The molecule has 0 aromatic heterocycles. The summed E-state index contributed by atoms with van der Waals surface area (Å²) in [6, 6.07) is 15.5. The third kappa shape index (κ3) is 6.31. The van der Waals surface area contributed by atoms with Gasteiger partial charge in [-0.2, -0.15) is 0 Å². The molecule has 7 heteroatoms. The normalized spacial score (nSPS) is 16.0. The number of para-hydroxylation sites is 1. The molecule has 0 radical (unpaired) electrons. The summed E-state index contributed by atoms with van der Waals surface area (Å²) < 4.78 is 5.21. The van der Waals surface area contributed by atoms with Crippen LogP contribution >= 0.6 is 0 Å². The van der Waals surface area contributed by atoms with Crippen molar-refractivity contribution in [2.24, 2.45) is 5.92 Å². The van der Waals surface area contributed by atoms with Gasteiger partial charge in [0.2, 0.25) is 0 Å². The SMILES string of the molecule is CC(C)[C@H](NC(=O)Nc1ccccc1)C(=O)OCC(=O)N[C@@H]1CCCc2ccccc21. The lowest BCUT2D eigenvalue weighted by atomic mass is 9.88. The molecule has 3 rings (SSSR count). The Morgan fingerprint density at radius 3 is 2.48 bits per heavy atom. The number of nitrogens with one attached hydrogen (secondary N) is 3. The highest BCUT2D eigenvalue weighted by Crippen LogP contribution is 2.29. The van der Waals surface area contributed by atoms with Gasteiger partial charge in [0.1, 0.15) is 6.04 Å². The van der Waals surface area contributed by atoms with Crippen LogP contribution in [0.4, 0.5) is 10.5 Å². The minimum absolute atomic E-state index is 0.0770. The Morgan fingerprint density at radius 2 is 1.74 bits per heavy atom. The summed E-state index contributed by atoms with van der Waals surface area (Å²) in [5.41, 5.74) is 2.97. The van der Waals surface area contributed by atoms with Crippen LogP contribution in [0.5, 0.6) is 0 Å². The molecule has 0 bridgehead atoms. The van der Waals surface area contributed by atoms with Crippen LogP contribution in [0.3, 0.4) is 0 Å². The van der Waals surface area contributed by atoms with Crippen molar-refractivity contribution in [1.29, 1.82) is 0 Å². The largest absolute Gasteiger partial charge is 0.454 e. The summed E-state index contributed by atoms with van der Waals surface area (Å²) in [6.07, 6.45) is 2.86. The summed E-state index contributed by atoms with van der Waals surface area (Å²) in [4.78, 5) is 37.2. The molecule has 3 amide bonds. The molecular formula is C24H29N3O4. The van der Waals surface area contributed by atoms with Crippen molar-refractivity contribution in [3.05, 3.63) is 65.7 Å². The lowest BCUT2D eigenvalue weighted by molar-refractivity contribution is -0.151. The lowest BCUT2D eigenvalue weighted by Gasteiger charge is -2.26. The monoisotopic (exact) mass is 423 g/mol. The van der Waals surface area contributed by atoms with E-state index in [0.29, 0.717) is 5.69 Å². The maximum absolute atomic E-state index is 12.5. The minimum atomic E-state index is -0.869. The Morgan fingerprint density at radius 1 is 1.03 bits per heavy atom. The maximum Gasteiger partial charge on any atom is 0.329 e. The van der Waals surface area contributed by atoms with Gasteiger partial charge >= 0.3 is 12.0 Å². The zero-order valence-electron chi connectivity index (χ0n) is 17.9. The van der Waals surface area contributed by atoms with Crippen LogP contribution in [0.1, 0.15) is 43.9 Å². The molecule has 164 valence electrons. The van der Waals surface area contributed by atoms with Crippen molar-refractivity contribution in [2.75, 3.05) is 11.9 Å². The van der Waals surface area contributed by atoms with Gasteiger partial charge in [-0.05, 0) is 48.4 Å². The molecule has 3 N–H and O–H groups in total. The van der Waals surface area contributed by atoms with Gasteiger partial charge in [0.05, 0.1) is 6.04 Å². The lowest BCUT2D eigenvalue weighted by Crippen LogP contribution is -2.47. The standard InChI is InChI=1S/C24H29N3O4/c1-16(2)22(27-24(30)25-18-11-4-3-5-12-18)23(29)31-15-21(28)26-20-14-8-10-17-9-6-7-13-19(17)20/h3-7,9,11-13,16,20,22H,8,10,14-15H2,1-2H3,(H,26,28)(H2,25,27,30)/t20-,22+/m1/s1. The fourth-order valence-electron chi connectivity index (χ4n) is 3.69. The van der Waals surface area contributed by atoms with Crippen LogP contribution in [0.25, 0.3) is 0 Å². The molecule has 0 fully saturated rings. The smallest absolute Gasteiger partial charge is 0.329 e. The predicted octanol–water partition coefficient (Wildman–Crippen LogP) is 3.57. The number of anilines is 1. The Hall–Kier alpha value is -3.35. The number of ether oxygens (including phenoxy) is 1. The zero-order chi connectivity index (χ0) is 22.2. The van der Waals surface area contributed by atoms with E-state index in [0.717, 1.165) is 24.8 Å². The summed E-state index contributed by atoms with van der Waals surface area (Å²) >= 11 is 0. The molecule has 0 heterocycles. The van der Waals surface area contributed by atoms with Gasteiger partial charge in [0.25, 0.3) is 5.91 Å². The second-order valence-electron chi connectivity index (χ2n) is 8.01. The molecule has 0 unspecified atom stereocenters. The van der Waals surface area contributed by atoms with Crippen LogP contribution in [0, 0.1) is 5.92 Å². The Bertz CT molecular complexity index is 914. The second-order valence-corrected chi connectivity index (χ2v) is 8.01. The van der Waals surface area contributed by atoms with Gasteiger partial charge in [-0.15, -0.1) is 0 Å². The first kappa shape index (κ1) is 22.3. The first-order valence-electron chi connectivity index (χ1n) is 10.6. The van der Waals surface area contributed by atoms with E-state index in [4.69, 9.17) is 4.74 Å². The van der Waals surface area contributed by atoms with Crippen molar-refractivity contribution in [1.82, 2.24) is 10.6 Å². The number of carbonyl (C=O) groups excluding carboxylic acids is 3. The third-order valence-electron chi connectivity index (χ3n) is 5.29. The molecule has 1 aliphatic rings. The van der Waals surface area contributed by atoms with Crippen molar-refractivity contribution in [3.63, 3.8) is 0 Å². The van der Waals surface area contributed by atoms with Gasteiger partial charge in [-0.3, -0.25) is 4.79 Å². The first-order chi connectivity index (χ1) is 14.9. The van der Waals surface area contributed by atoms with Crippen molar-refractivity contribution >= 4 is 23.6 Å². The number of amides is 3. The molecular weight excluding hydrogens is 394 g/mol. The van der Waals surface area contributed by atoms with E-state index in [1.165, 1.54) is 5.56 Å². The van der Waals surface area contributed by atoms with Crippen LogP contribution < -0.4 is 16.0 Å². The van der Waals surface area contributed by atoms with E-state index in [-0.39, 0.29) is 24.5 Å². The van der Waals surface area contributed by atoms with Crippen LogP contribution in [0.15, 0.2) is 54.6 Å². The molecule has 2 aromatic rings. The average Bonchev–Trinajstić information content (AvgIpc) is 2.76. The highest BCUT2D eigenvalue weighted by Gasteiger charge is 2.27. The summed E-state index contributed by atoms with van der Waals surface area (Å²) in [5, 5.41) is 8.26. The van der Waals surface area contributed by atoms with E-state index in [2.05, 4.69) is 22.0 Å². The van der Waals surface area contributed by atoms with Gasteiger partial charge in [-0.1, -0.05) is 56.3 Å². The van der Waals surface area contributed by atoms with Crippen LogP contribution in [0.2, 0.25) is 0 Å². The van der Waals surface area contributed by atoms with Gasteiger partial charge in [0, 0.05) is 5.69 Å². The Balaban J connectivity index is 1.50. The van der Waals surface area contributed by atoms with E-state index >= 15 is 0 Å². The van der Waals surface area contributed by atoms with E-state index < -0.39 is 18.0 Å². The molecule has 2 aromatic carbocycles. The number of hydrogen-bond donors (Lipinski definition) is 3. The van der Waals surface area contributed by atoms with E-state index in [1.54, 1.807) is 38.1 Å². The number of aryl methyl sites for hydroxylation is 1. The van der Waals surface area contributed by atoms with Crippen LogP contribution in [-0.2, 0) is 20.7 Å². The maximum atomic E-state index is 12.5. The topological polar surface area (TPSA) is 96.5 Å². The average molecular weight is 424 g/mol. The number of esters is 1. The highest BCUT2D eigenvalue weighted by molar-refractivity contribution is 5.93. The quantitative estimate of drug-likeness (QED) is 0.593. The fourth-order valence-corrected chi connectivity index (χ4v) is 3.69. The number of urea groups is 1. The molecule has 0 spiro atoms. The van der Waals surface area contributed by atoms with Crippen molar-refractivity contribution < 1.29 is 19.1 Å². The van der Waals surface area contributed by atoms with Crippen molar-refractivity contribution in [2.45, 2.75) is 45.2 Å². The Kier molecular flexibility index (Phi) is 7.65. The fraction of sp³-hybridized carbons (Fsp3) is 0.375. The molecule has 0 saturated heterocycles. The van der Waals surface area contributed by atoms with E-state index in [9.17, 15) is 14.4 Å². The highest BCUT2D eigenvalue weighted by atomic mass is 16.5. The molecule has 0 aliphatic heterocycles. The third-order valence-corrected chi connectivity index (χ3v) is 5.29. The van der Waals surface area contributed by atoms with Crippen LogP contribution in [-0.4, -0.2) is 30.6 Å². The molecule has 2 atom stereocenters. The Labute approximate surface area is 182 Å². The zero-order valence-corrected chi connectivity index (χ0v) is 17.9. The summed E-state index contributed by atoms with van der Waals surface area (Å²) in [6.45, 7) is 3.21. The van der Waals surface area contributed by atoms with Crippen molar-refractivity contribution in [3.8, 4) is 0 Å². The first-order valence-corrected chi connectivity index (χ1v) is 10.6. The number of carbonyl (C=O) groups is 3. The number of rotatable bonds is 7. The molecule has 0 saturated carbocycles. The minimum Gasteiger partial charge on any atom is -0.454 e. The predicted molar refractivity (Wildman–Crippen MR) is 118 cm³/mol. The summed E-state index contributed by atoms with van der Waals surface area (Å²) in [7, 11) is 0. The number of hydrogen-bond acceptors (Lipinski definition) is 4. The van der Waals surface area contributed by atoms with Gasteiger partial charge in [0.15, 0.2) is 6.61 Å². The van der Waals surface area contributed by atoms with E-state index in [1.807, 2.05) is 24.3 Å². The summed E-state index contributed by atoms with van der Waals surface area (Å²) in [5.74, 6) is -1.20.